The monoisotopic (exact) mass is 213 g/mol. The first-order valence-corrected chi connectivity index (χ1v) is 5.25. The SMILES string of the molecule is FC1(c2ccccc2Cl)CCNCC1. The highest BCUT2D eigenvalue weighted by Gasteiger charge is 2.34. The van der Waals surface area contributed by atoms with Crippen LogP contribution < -0.4 is 5.32 Å². The molecule has 1 aromatic carbocycles. The van der Waals surface area contributed by atoms with E-state index < -0.39 is 5.67 Å². The van der Waals surface area contributed by atoms with E-state index in [1.165, 1.54) is 0 Å². The van der Waals surface area contributed by atoms with E-state index in [-0.39, 0.29) is 0 Å². The van der Waals surface area contributed by atoms with Crippen molar-refractivity contribution in [3.05, 3.63) is 34.9 Å². The normalized spacial score (nSPS) is 20.7. The van der Waals surface area contributed by atoms with E-state index in [0.717, 1.165) is 13.1 Å². The summed E-state index contributed by atoms with van der Waals surface area (Å²) in [5, 5.41) is 3.68. The molecule has 3 heteroatoms. The number of rotatable bonds is 1. The molecule has 1 N–H and O–H groups in total. The molecular formula is C11H13ClFN. The summed E-state index contributed by atoms with van der Waals surface area (Å²) in [6.07, 6.45) is 1.02. The van der Waals surface area contributed by atoms with Gasteiger partial charge in [0.25, 0.3) is 0 Å². The van der Waals surface area contributed by atoms with Gasteiger partial charge in [-0.2, -0.15) is 0 Å². The standard InChI is InChI=1S/C11H13ClFN/c12-10-4-2-1-3-9(10)11(13)5-7-14-8-6-11/h1-4,14H,5-8H2. The van der Waals surface area contributed by atoms with Crippen LogP contribution in [0.25, 0.3) is 0 Å². The molecule has 0 radical (unpaired) electrons. The number of benzene rings is 1. The molecule has 0 aromatic heterocycles. The van der Waals surface area contributed by atoms with Crippen LogP contribution in [0.15, 0.2) is 24.3 Å². The second kappa shape index (κ2) is 3.87. The lowest BCUT2D eigenvalue weighted by atomic mass is 9.87. The fraction of sp³-hybridized carbons (Fsp3) is 0.455. The lowest BCUT2D eigenvalue weighted by Crippen LogP contribution is -2.36. The van der Waals surface area contributed by atoms with Crippen molar-refractivity contribution in [2.75, 3.05) is 13.1 Å². The zero-order valence-electron chi connectivity index (χ0n) is 7.89. The van der Waals surface area contributed by atoms with E-state index in [9.17, 15) is 4.39 Å². The molecule has 1 nitrogen and oxygen atoms in total. The van der Waals surface area contributed by atoms with Crippen LogP contribution in [0.3, 0.4) is 0 Å². The highest BCUT2D eigenvalue weighted by Crippen LogP contribution is 2.38. The van der Waals surface area contributed by atoms with Crippen molar-refractivity contribution >= 4 is 11.6 Å². The summed E-state index contributed by atoms with van der Waals surface area (Å²) in [4.78, 5) is 0. The lowest BCUT2D eigenvalue weighted by Gasteiger charge is -2.31. The van der Waals surface area contributed by atoms with Crippen molar-refractivity contribution in [1.29, 1.82) is 0 Å². The first kappa shape index (κ1) is 9.94. The minimum atomic E-state index is -1.23. The summed E-state index contributed by atoms with van der Waals surface area (Å²) in [5.74, 6) is 0. The van der Waals surface area contributed by atoms with Crippen LogP contribution in [0, 0.1) is 0 Å². The number of alkyl halides is 1. The third kappa shape index (κ3) is 1.77. The maximum atomic E-state index is 14.4. The highest BCUT2D eigenvalue weighted by molar-refractivity contribution is 6.31. The largest absolute Gasteiger partial charge is 0.316 e. The van der Waals surface area contributed by atoms with Gasteiger partial charge in [0.15, 0.2) is 0 Å². The molecule has 0 unspecified atom stereocenters. The Balaban J connectivity index is 2.32. The Labute approximate surface area is 88.3 Å². The molecule has 0 aliphatic carbocycles. The van der Waals surface area contributed by atoms with Gasteiger partial charge >= 0.3 is 0 Å². The molecule has 1 fully saturated rings. The van der Waals surface area contributed by atoms with Crippen LogP contribution in [-0.2, 0) is 5.67 Å². The summed E-state index contributed by atoms with van der Waals surface area (Å²) in [6, 6.07) is 7.20. The minimum Gasteiger partial charge on any atom is -0.316 e. The van der Waals surface area contributed by atoms with Gasteiger partial charge in [0.05, 0.1) is 0 Å². The molecule has 1 saturated heterocycles. The van der Waals surface area contributed by atoms with Crippen LogP contribution in [0.4, 0.5) is 4.39 Å². The van der Waals surface area contributed by atoms with Crippen LogP contribution in [0.5, 0.6) is 0 Å². The summed E-state index contributed by atoms with van der Waals surface area (Å²) >= 11 is 5.99. The topological polar surface area (TPSA) is 12.0 Å². The number of hydrogen-bond acceptors (Lipinski definition) is 1. The Morgan fingerprint density at radius 2 is 1.86 bits per heavy atom. The van der Waals surface area contributed by atoms with Crippen molar-refractivity contribution < 1.29 is 4.39 Å². The summed E-state index contributed by atoms with van der Waals surface area (Å²) < 4.78 is 14.4. The number of hydrogen-bond donors (Lipinski definition) is 1. The van der Waals surface area contributed by atoms with E-state index >= 15 is 0 Å². The van der Waals surface area contributed by atoms with Crippen LogP contribution >= 0.6 is 11.6 Å². The Hall–Kier alpha value is -0.600. The summed E-state index contributed by atoms with van der Waals surface area (Å²) in [7, 11) is 0. The van der Waals surface area contributed by atoms with Gasteiger partial charge in [-0.25, -0.2) is 4.39 Å². The van der Waals surface area contributed by atoms with E-state index in [4.69, 9.17) is 11.6 Å². The average molecular weight is 214 g/mol. The number of halogens is 2. The fourth-order valence-electron chi connectivity index (χ4n) is 1.92. The van der Waals surface area contributed by atoms with E-state index in [0.29, 0.717) is 23.4 Å². The van der Waals surface area contributed by atoms with Crippen molar-refractivity contribution in [2.45, 2.75) is 18.5 Å². The maximum Gasteiger partial charge on any atom is 0.139 e. The molecule has 0 spiro atoms. The number of piperidine rings is 1. The molecule has 1 heterocycles. The third-order valence-corrected chi connectivity index (χ3v) is 3.08. The van der Waals surface area contributed by atoms with Crippen molar-refractivity contribution in [3.8, 4) is 0 Å². The molecule has 0 bridgehead atoms. The van der Waals surface area contributed by atoms with Crippen molar-refractivity contribution in [1.82, 2.24) is 5.32 Å². The first-order chi connectivity index (χ1) is 6.72. The molecule has 0 amide bonds. The fourth-order valence-corrected chi connectivity index (χ4v) is 2.22. The van der Waals surface area contributed by atoms with Gasteiger partial charge in [-0.05, 0) is 32.0 Å². The minimum absolute atomic E-state index is 0.511. The van der Waals surface area contributed by atoms with Gasteiger partial charge in [0.1, 0.15) is 5.67 Å². The molecule has 1 aliphatic rings. The molecule has 1 aromatic rings. The van der Waals surface area contributed by atoms with E-state index in [1.54, 1.807) is 12.1 Å². The van der Waals surface area contributed by atoms with E-state index in [1.807, 2.05) is 12.1 Å². The van der Waals surface area contributed by atoms with Crippen LogP contribution in [0.2, 0.25) is 5.02 Å². The predicted molar refractivity (Wildman–Crippen MR) is 56.3 cm³/mol. The van der Waals surface area contributed by atoms with Gasteiger partial charge in [-0.1, -0.05) is 29.8 Å². The maximum absolute atomic E-state index is 14.4. The Bertz CT molecular complexity index is 321. The highest BCUT2D eigenvalue weighted by atomic mass is 35.5. The zero-order chi connectivity index (χ0) is 10.0. The van der Waals surface area contributed by atoms with Crippen molar-refractivity contribution in [3.63, 3.8) is 0 Å². The Morgan fingerprint density at radius 3 is 2.50 bits per heavy atom. The second-order valence-electron chi connectivity index (χ2n) is 3.70. The molecule has 76 valence electrons. The quantitative estimate of drug-likeness (QED) is 0.757. The van der Waals surface area contributed by atoms with Crippen LogP contribution in [-0.4, -0.2) is 13.1 Å². The second-order valence-corrected chi connectivity index (χ2v) is 4.10. The molecule has 0 atom stereocenters. The van der Waals surface area contributed by atoms with Crippen LogP contribution in [0.1, 0.15) is 18.4 Å². The average Bonchev–Trinajstić information content (AvgIpc) is 2.19. The molecule has 2 rings (SSSR count). The molecule has 1 aliphatic heterocycles. The van der Waals surface area contributed by atoms with Gasteiger partial charge in [0, 0.05) is 10.6 Å². The summed E-state index contributed by atoms with van der Waals surface area (Å²) in [6.45, 7) is 1.45. The Kier molecular flexibility index (Phi) is 2.75. The van der Waals surface area contributed by atoms with Gasteiger partial charge in [-0.3, -0.25) is 0 Å². The zero-order valence-corrected chi connectivity index (χ0v) is 8.65. The summed E-state index contributed by atoms with van der Waals surface area (Å²) in [5.41, 5.74) is -0.591. The molecule has 0 saturated carbocycles. The van der Waals surface area contributed by atoms with Gasteiger partial charge < -0.3 is 5.32 Å². The van der Waals surface area contributed by atoms with Crippen molar-refractivity contribution in [2.24, 2.45) is 0 Å². The van der Waals surface area contributed by atoms with Gasteiger partial charge in [-0.15, -0.1) is 0 Å². The van der Waals surface area contributed by atoms with Gasteiger partial charge in [0.2, 0.25) is 0 Å². The smallest absolute Gasteiger partial charge is 0.139 e. The Morgan fingerprint density at radius 1 is 1.21 bits per heavy atom. The lowest BCUT2D eigenvalue weighted by molar-refractivity contribution is 0.115. The first-order valence-electron chi connectivity index (χ1n) is 4.87. The molecule has 14 heavy (non-hydrogen) atoms. The van der Waals surface area contributed by atoms with E-state index in [2.05, 4.69) is 5.32 Å². The number of nitrogens with one attached hydrogen (secondary N) is 1. The predicted octanol–water partition coefficient (Wildman–Crippen LogP) is 2.89. The molecular weight excluding hydrogens is 201 g/mol. The third-order valence-electron chi connectivity index (χ3n) is 2.75.